The number of unbranched alkanes of at least 4 members (excludes halogenated alkanes) is 4. The molecule has 0 atom stereocenters. The third kappa shape index (κ3) is 6.51. The zero-order valence-corrected chi connectivity index (χ0v) is 16.2. The number of hydrogen-bond donors (Lipinski definition) is 1. The molecule has 3 nitrogen and oxygen atoms in total. The zero-order chi connectivity index (χ0) is 17.2. The van der Waals surface area contributed by atoms with E-state index in [4.69, 9.17) is 4.74 Å². The Morgan fingerprint density at radius 3 is 2.50 bits per heavy atom. The second-order valence-corrected chi connectivity index (χ2v) is 7.00. The van der Waals surface area contributed by atoms with Gasteiger partial charge < -0.3 is 10.1 Å². The number of hydrogen-bond acceptors (Lipinski definition) is 2. The van der Waals surface area contributed by atoms with Gasteiger partial charge in [0.1, 0.15) is 5.75 Å². The highest BCUT2D eigenvalue weighted by molar-refractivity contribution is 14.1. The minimum absolute atomic E-state index is 0.0990. The smallest absolute Gasteiger partial charge is 0.255 e. The molecule has 0 fully saturated rings. The van der Waals surface area contributed by atoms with Crippen LogP contribution in [-0.2, 0) is 0 Å². The topological polar surface area (TPSA) is 38.3 Å². The number of nitrogens with one attached hydrogen (secondary N) is 1. The molecule has 2 aromatic rings. The normalized spacial score (nSPS) is 10.4. The minimum atomic E-state index is -0.0990. The van der Waals surface area contributed by atoms with E-state index in [9.17, 15) is 4.79 Å². The van der Waals surface area contributed by atoms with Crippen LogP contribution in [-0.4, -0.2) is 12.5 Å². The number of amides is 1. The van der Waals surface area contributed by atoms with Gasteiger partial charge in [-0.3, -0.25) is 4.79 Å². The summed E-state index contributed by atoms with van der Waals surface area (Å²) in [6.07, 6.45) is 6.15. The first kappa shape index (κ1) is 18.8. The maximum Gasteiger partial charge on any atom is 0.255 e. The van der Waals surface area contributed by atoms with Gasteiger partial charge >= 0.3 is 0 Å². The molecular formula is C20H24INO2. The highest BCUT2D eigenvalue weighted by Crippen LogP contribution is 2.17. The molecule has 1 N–H and O–H groups in total. The fourth-order valence-electron chi connectivity index (χ4n) is 2.36. The summed E-state index contributed by atoms with van der Waals surface area (Å²) < 4.78 is 6.78. The molecule has 2 rings (SSSR count). The van der Waals surface area contributed by atoms with Crippen molar-refractivity contribution in [1.82, 2.24) is 0 Å². The lowest BCUT2D eigenvalue weighted by Gasteiger charge is -2.08. The number of ether oxygens (including phenoxy) is 1. The van der Waals surface area contributed by atoms with E-state index in [0.717, 1.165) is 28.0 Å². The quantitative estimate of drug-likeness (QED) is 0.392. The van der Waals surface area contributed by atoms with E-state index < -0.39 is 0 Å². The maximum absolute atomic E-state index is 12.2. The molecule has 0 aromatic heterocycles. The Labute approximate surface area is 157 Å². The molecule has 0 spiro atoms. The van der Waals surface area contributed by atoms with E-state index in [-0.39, 0.29) is 5.91 Å². The van der Waals surface area contributed by atoms with Gasteiger partial charge in [0.2, 0.25) is 0 Å². The van der Waals surface area contributed by atoms with Gasteiger partial charge in [-0.1, -0.05) is 38.7 Å². The van der Waals surface area contributed by atoms with Crippen LogP contribution < -0.4 is 10.1 Å². The van der Waals surface area contributed by atoms with E-state index in [1.807, 2.05) is 48.5 Å². The summed E-state index contributed by atoms with van der Waals surface area (Å²) in [5, 5.41) is 2.91. The Morgan fingerprint density at radius 2 is 1.79 bits per heavy atom. The van der Waals surface area contributed by atoms with Gasteiger partial charge in [0.25, 0.3) is 5.91 Å². The summed E-state index contributed by atoms with van der Waals surface area (Å²) in [6, 6.07) is 15.1. The van der Waals surface area contributed by atoms with E-state index in [1.165, 1.54) is 25.7 Å². The molecule has 0 saturated carbocycles. The third-order valence-electron chi connectivity index (χ3n) is 3.72. The second kappa shape index (κ2) is 10.3. The number of halogens is 1. The fraction of sp³-hybridized carbons (Fsp3) is 0.350. The highest BCUT2D eigenvalue weighted by Gasteiger charge is 2.06. The van der Waals surface area contributed by atoms with Crippen LogP contribution in [0, 0.1) is 3.57 Å². The van der Waals surface area contributed by atoms with Gasteiger partial charge in [-0.15, -0.1) is 0 Å². The Kier molecular flexibility index (Phi) is 8.08. The average Bonchev–Trinajstić information content (AvgIpc) is 2.59. The van der Waals surface area contributed by atoms with Crippen molar-refractivity contribution in [2.45, 2.75) is 39.0 Å². The molecule has 128 valence electrons. The number of rotatable bonds is 9. The van der Waals surface area contributed by atoms with Gasteiger partial charge in [-0.2, -0.15) is 0 Å². The van der Waals surface area contributed by atoms with Crippen LogP contribution >= 0.6 is 22.6 Å². The summed E-state index contributed by atoms with van der Waals surface area (Å²) in [6.45, 7) is 2.97. The molecule has 0 aliphatic carbocycles. The van der Waals surface area contributed by atoms with Gasteiger partial charge in [-0.05, 0) is 71.5 Å². The molecule has 0 aliphatic heterocycles. The largest absolute Gasteiger partial charge is 0.494 e. The first-order valence-corrected chi connectivity index (χ1v) is 9.56. The van der Waals surface area contributed by atoms with Crippen molar-refractivity contribution in [3.05, 3.63) is 57.7 Å². The minimum Gasteiger partial charge on any atom is -0.494 e. The van der Waals surface area contributed by atoms with Crippen LogP contribution in [0.2, 0.25) is 0 Å². The van der Waals surface area contributed by atoms with Crippen molar-refractivity contribution >= 4 is 34.2 Å². The lowest BCUT2D eigenvalue weighted by Crippen LogP contribution is -2.11. The first-order valence-electron chi connectivity index (χ1n) is 8.49. The first-order chi connectivity index (χ1) is 11.7. The lowest BCUT2D eigenvalue weighted by atomic mass is 10.2. The Morgan fingerprint density at radius 1 is 1.04 bits per heavy atom. The molecule has 24 heavy (non-hydrogen) atoms. The van der Waals surface area contributed by atoms with Gasteiger partial charge in [0.15, 0.2) is 0 Å². The number of carbonyl (C=O) groups excluding carboxylic acids is 1. The Balaban J connectivity index is 1.78. The predicted molar refractivity (Wildman–Crippen MR) is 108 cm³/mol. The standard InChI is InChI=1S/C20H24INO2/c1-2-3-4-5-6-14-24-19-12-10-18(11-13-19)22-20(23)16-8-7-9-17(21)15-16/h7-13,15H,2-6,14H2,1H3,(H,22,23). The van der Waals surface area contributed by atoms with Gasteiger partial charge in [-0.25, -0.2) is 0 Å². The lowest BCUT2D eigenvalue weighted by molar-refractivity contribution is 0.102. The fourth-order valence-corrected chi connectivity index (χ4v) is 2.91. The molecule has 0 unspecified atom stereocenters. The third-order valence-corrected chi connectivity index (χ3v) is 4.39. The highest BCUT2D eigenvalue weighted by atomic mass is 127. The van der Waals surface area contributed by atoms with Crippen LogP contribution in [0.3, 0.4) is 0 Å². The van der Waals surface area contributed by atoms with Crippen molar-refractivity contribution in [2.75, 3.05) is 11.9 Å². The summed E-state index contributed by atoms with van der Waals surface area (Å²) in [5.41, 5.74) is 1.43. The van der Waals surface area contributed by atoms with Gasteiger partial charge in [0, 0.05) is 14.8 Å². The van der Waals surface area contributed by atoms with Crippen LogP contribution in [0.5, 0.6) is 5.75 Å². The zero-order valence-electron chi connectivity index (χ0n) is 14.1. The number of benzene rings is 2. The maximum atomic E-state index is 12.2. The molecule has 1 amide bonds. The molecular weight excluding hydrogens is 413 g/mol. The summed E-state index contributed by atoms with van der Waals surface area (Å²) in [7, 11) is 0. The van der Waals surface area contributed by atoms with Gasteiger partial charge in [0.05, 0.1) is 6.61 Å². The van der Waals surface area contributed by atoms with E-state index in [0.29, 0.717) is 5.56 Å². The van der Waals surface area contributed by atoms with Crippen molar-refractivity contribution in [3.8, 4) is 5.75 Å². The summed E-state index contributed by atoms with van der Waals surface area (Å²) in [4.78, 5) is 12.2. The average molecular weight is 437 g/mol. The predicted octanol–water partition coefficient (Wildman–Crippen LogP) is 5.89. The van der Waals surface area contributed by atoms with E-state index >= 15 is 0 Å². The van der Waals surface area contributed by atoms with E-state index in [2.05, 4.69) is 34.8 Å². The monoisotopic (exact) mass is 437 g/mol. The van der Waals surface area contributed by atoms with E-state index in [1.54, 1.807) is 0 Å². The molecule has 0 radical (unpaired) electrons. The van der Waals surface area contributed by atoms with Crippen molar-refractivity contribution < 1.29 is 9.53 Å². The van der Waals surface area contributed by atoms with Crippen molar-refractivity contribution in [2.24, 2.45) is 0 Å². The van der Waals surface area contributed by atoms with Crippen LogP contribution in [0.4, 0.5) is 5.69 Å². The molecule has 0 aliphatic rings. The molecule has 0 bridgehead atoms. The van der Waals surface area contributed by atoms with Crippen molar-refractivity contribution in [3.63, 3.8) is 0 Å². The van der Waals surface area contributed by atoms with Crippen molar-refractivity contribution in [1.29, 1.82) is 0 Å². The van der Waals surface area contributed by atoms with Crippen LogP contribution in [0.15, 0.2) is 48.5 Å². The molecule has 0 saturated heterocycles. The van der Waals surface area contributed by atoms with Crippen LogP contribution in [0.25, 0.3) is 0 Å². The molecule has 2 aromatic carbocycles. The summed E-state index contributed by atoms with van der Waals surface area (Å²) >= 11 is 2.20. The number of carbonyl (C=O) groups is 1. The molecule has 4 heteroatoms. The SMILES string of the molecule is CCCCCCCOc1ccc(NC(=O)c2cccc(I)c2)cc1. The van der Waals surface area contributed by atoms with Crippen LogP contribution in [0.1, 0.15) is 49.4 Å². The summed E-state index contributed by atoms with van der Waals surface area (Å²) in [5.74, 6) is 0.746. The molecule has 0 heterocycles. The Hall–Kier alpha value is -1.56. The Bertz CT molecular complexity index is 640. The second-order valence-electron chi connectivity index (χ2n) is 5.75. The number of anilines is 1.